The van der Waals surface area contributed by atoms with Crippen molar-refractivity contribution in [2.45, 2.75) is 6.92 Å². The number of benzene rings is 2. The fraction of sp³-hybridized carbons (Fsp3) is 0.0476. The van der Waals surface area contributed by atoms with E-state index in [2.05, 4.69) is 10.3 Å². The number of hydrogen-bond donors (Lipinski definition) is 1. The van der Waals surface area contributed by atoms with Gasteiger partial charge in [-0.25, -0.2) is 4.98 Å². The number of fused-ring (bicyclic) bond motifs is 1. The van der Waals surface area contributed by atoms with Gasteiger partial charge in [0.15, 0.2) is 0 Å². The minimum Gasteiger partial charge on any atom is -0.322 e. The van der Waals surface area contributed by atoms with E-state index in [1.54, 1.807) is 18.2 Å². The fourth-order valence-corrected chi connectivity index (χ4v) is 3.49. The van der Waals surface area contributed by atoms with E-state index in [1.165, 1.54) is 0 Å². The number of nitrogens with one attached hydrogen (secondary N) is 1. The molecule has 2 aromatic heterocycles. The van der Waals surface area contributed by atoms with Crippen LogP contribution in [-0.2, 0) is 0 Å². The van der Waals surface area contributed by atoms with Gasteiger partial charge in [0, 0.05) is 23.6 Å². The molecule has 27 heavy (non-hydrogen) atoms. The lowest BCUT2D eigenvalue weighted by molar-refractivity contribution is 0.102. The molecule has 0 aliphatic rings. The molecule has 0 saturated carbocycles. The van der Waals surface area contributed by atoms with Crippen LogP contribution < -0.4 is 5.32 Å². The Morgan fingerprint density at radius 3 is 2.37 bits per heavy atom. The maximum atomic E-state index is 12.5. The molecule has 0 saturated heterocycles. The second kappa shape index (κ2) is 7.06. The van der Waals surface area contributed by atoms with Crippen molar-refractivity contribution in [2.24, 2.45) is 0 Å². The Labute approximate surface area is 166 Å². The highest BCUT2D eigenvalue weighted by molar-refractivity contribution is 6.40. The van der Waals surface area contributed by atoms with E-state index < -0.39 is 0 Å². The van der Waals surface area contributed by atoms with Crippen molar-refractivity contribution in [3.05, 3.63) is 88.2 Å². The molecular formula is C21H15Cl2N3O. The number of halogens is 2. The Bertz CT molecular complexity index is 1130. The van der Waals surface area contributed by atoms with Gasteiger partial charge in [-0.1, -0.05) is 47.5 Å². The monoisotopic (exact) mass is 395 g/mol. The van der Waals surface area contributed by atoms with Gasteiger partial charge in [-0.2, -0.15) is 0 Å². The third-order valence-corrected chi connectivity index (χ3v) is 4.94. The summed E-state index contributed by atoms with van der Waals surface area (Å²) in [5, 5.41) is 3.45. The third-order valence-electron chi connectivity index (χ3n) is 4.31. The SMILES string of the molecule is Cc1cccn2cc(-c3ccc(NC(=O)c4c(Cl)cccc4Cl)cc3)nc12. The van der Waals surface area contributed by atoms with E-state index in [0.717, 1.165) is 22.5 Å². The number of anilines is 1. The van der Waals surface area contributed by atoms with Crippen LogP contribution in [-0.4, -0.2) is 15.3 Å². The van der Waals surface area contributed by atoms with Crippen molar-refractivity contribution in [1.29, 1.82) is 0 Å². The lowest BCUT2D eigenvalue weighted by Gasteiger charge is -2.08. The van der Waals surface area contributed by atoms with Crippen molar-refractivity contribution < 1.29 is 4.79 Å². The Morgan fingerprint density at radius 2 is 1.70 bits per heavy atom. The zero-order valence-corrected chi connectivity index (χ0v) is 15.9. The number of amides is 1. The van der Waals surface area contributed by atoms with Crippen molar-refractivity contribution in [3.63, 3.8) is 0 Å². The number of nitrogens with zero attached hydrogens (tertiary/aromatic N) is 2. The Kier molecular flexibility index (Phi) is 4.60. The standard InChI is InChI=1S/C21H15Cl2N3O/c1-13-4-3-11-26-12-18(25-20(13)26)14-7-9-15(10-8-14)24-21(27)19-16(22)5-2-6-17(19)23/h2-12H,1H3,(H,24,27). The highest BCUT2D eigenvalue weighted by Crippen LogP contribution is 2.26. The minimum atomic E-state index is -0.346. The van der Waals surface area contributed by atoms with E-state index in [1.807, 2.05) is 60.1 Å². The molecular weight excluding hydrogens is 381 g/mol. The molecule has 0 radical (unpaired) electrons. The van der Waals surface area contributed by atoms with Crippen molar-refractivity contribution >= 4 is 40.4 Å². The average Bonchev–Trinajstić information content (AvgIpc) is 3.08. The summed E-state index contributed by atoms with van der Waals surface area (Å²) in [7, 11) is 0. The Balaban J connectivity index is 1.58. The summed E-state index contributed by atoms with van der Waals surface area (Å²) < 4.78 is 2.00. The van der Waals surface area contributed by atoms with Gasteiger partial charge in [-0.05, 0) is 42.8 Å². The molecule has 6 heteroatoms. The second-order valence-electron chi connectivity index (χ2n) is 6.18. The zero-order chi connectivity index (χ0) is 19.0. The first-order chi connectivity index (χ1) is 13.0. The van der Waals surface area contributed by atoms with E-state index in [-0.39, 0.29) is 11.5 Å². The summed E-state index contributed by atoms with van der Waals surface area (Å²) in [5.74, 6) is -0.346. The summed E-state index contributed by atoms with van der Waals surface area (Å²) in [6, 6.07) is 16.5. The van der Waals surface area contributed by atoms with Crippen LogP contribution in [0.5, 0.6) is 0 Å². The van der Waals surface area contributed by atoms with Crippen LogP contribution in [0.25, 0.3) is 16.9 Å². The first-order valence-electron chi connectivity index (χ1n) is 8.33. The van der Waals surface area contributed by atoms with Crippen LogP contribution in [0.3, 0.4) is 0 Å². The molecule has 0 bridgehead atoms. The maximum absolute atomic E-state index is 12.5. The molecule has 2 heterocycles. The number of carbonyl (C=O) groups excluding carboxylic acids is 1. The molecule has 0 aliphatic carbocycles. The summed E-state index contributed by atoms with van der Waals surface area (Å²) in [5.41, 5.74) is 4.80. The molecule has 4 rings (SSSR count). The molecule has 0 aliphatic heterocycles. The van der Waals surface area contributed by atoms with E-state index in [0.29, 0.717) is 15.7 Å². The summed E-state index contributed by atoms with van der Waals surface area (Å²) in [4.78, 5) is 17.2. The lowest BCUT2D eigenvalue weighted by atomic mass is 10.1. The smallest absolute Gasteiger partial charge is 0.258 e. The van der Waals surface area contributed by atoms with Crippen LogP contribution in [0.2, 0.25) is 10.0 Å². The Morgan fingerprint density at radius 1 is 1.00 bits per heavy atom. The van der Waals surface area contributed by atoms with Crippen molar-refractivity contribution in [1.82, 2.24) is 9.38 Å². The Hall–Kier alpha value is -2.82. The number of hydrogen-bond acceptors (Lipinski definition) is 2. The molecule has 0 atom stereocenters. The minimum absolute atomic E-state index is 0.265. The quantitative estimate of drug-likeness (QED) is 0.471. The highest BCUT2D eigenvalue weighted by atomic mass is 35.5. The number of pyridine rings is 1. The lowest BCUT2D eigenvalue weighted by Crippen LogP contribution is -2.13. The van der Waals surface area contributed by atoms with Crippen LogP contribution in [0.15, 0.2) is 67.0 Å². The van der Waals surface area contributed by atoms with Gasteiger partial charge in [0.2, 0.25) is 0 Å². The zero-order valence-electron chi connectivity index (χ0n) is 14.4. The maximum Gasteiger partial charge on any atom is 0.258 e. The molecule has 1 amide bonds. The van der Waals surface area contributed by atoms with E-state index >= 15 is 0 Å². The normalized spacial score (nSPS) is 10.9. The highest BCUT2D eigenvalue weighted by Gasteiger charge is 2.15. The number of rotatable bonds is 3. The predicted octanol–water partition coefficient (Wildman–Crippen LogP) is 5.87. The van der Waals surface area contributed by atoms with Crippen molar-refractivity contribution in [3.8, 4) is 11.3 Å². The van der Waals surface area contributed by atoms with Gasteiger partial charge in [0.05, 0.1) is 21.3 Å². The van der Waals surface area contributed by atoms with Gasteiger partial charge in [-0.3, -0.25) is 4.79 Å². The third kappa shape index (κ3) is 3.42. The van der Waals surface area contributed by atoms with Gasteiger partial charge < -0.3 is 9.72 Å². The summed E-state index contributed by atoms with van der Waals surface area (Å²) in [6.07, 6.45) is 3.96. The van der Waals surface area contributed by atoms with Crippen LogP contribution in [0.1, 0.15) is 15.9 Å². The van der Waals surface area contributed by atoms with Crippen molar-refractivity contribution in [2.75, 3.05) is 5.32 Å². The molecule has 134 valence electrons. The van der Waals surface area contributed by atoms with Gasteiger partial charge in [-0.15, -0.1) is 0 Å². The molecule has 2 aromatic carbocycles. The number of aromatic nitrogens is 2. The second-order valence-corrected chi connectivity index (χ2v) is 6.99. The first-order valence-corrected chi connectivity index (χ1v) is 9.08. The largest absolute Gasteiger partial charge is 0.322 e. The predicted molar refractivity (Wildman–Crippen MR) is 110 cm³/mol. The van der Waals surface area contributed by atoms with Gasteiger partial charge >= 0.3 is 0 Å². The van der Waals surface area contributed by atoms with Gasteiger partial charge in [0.1, 0.15) is 5.65 Å². The fourth-order valence-electron chi connectivity index (χ4n) is 2.93. The summed E-state index contributed by atoms with van der Waals surface area (Å²) in [6.45, 7) is 2.03. The van der Waals surface area contributed by atoms with Crippen LogP contribution in [0, 0.1) is 6.92 Å². The molecule has 4 aromatic rings. The van der Waals surface area contributed by atoms with E-state index in [9.17, 15) is 4.79 Å². The molecule has 0 unspecified atom stereocenters. The van der Waals surface area contributed by atoms with Crippen LogP contribution in [0.4, 0.5) is 5.69 Å². The molecule has 4 nitrogen and oxygen atoms in total. The van der Waals surface area contributed by atoms with Gasteiger partial charge in [0.25, 0.3) is 5.91 Å². The molecule has 0 spiro atoms. The van der Waals surface area contributed by atoms with Crippen LogP contribution >= 0.6 is 23.2 Å². The number of aryl methyl sites for hydroxylation is 1. The number of imidazole rings is 1. The topological polar surface area (TPSA) is 46.4 Å². The molecule has 1 N–H and O–H groups in total. The van der Waals surface area contributed by atoms with E-state index in [4.69, 9.17) is 23.2 Å². The number of carbonyl (C=O) groups is 1. The average molecular weight is 396 g/mol. The molecule has 0 fully saturated rings. The first kappa shape index (κ1) is 17.6. The summed E-state index contributed by atoms with van der Waals surface area (Å²) >= 11 is 12.2.